The molecule has 0 saturated heterocycles. The molecule has 2 aromatic rings. The average Bonchev–Trinajstić information content (AvgIpc) is 2.43. The Bertz CT molecular complexity index is 589. The molecule has 20 heavy (non-hydrogen) atoms. The van der Waals surface area contributed by atoms with Crippen molar-refractivity contribution in [1.82, 2.24) is 9.97 Å². The molecule has 0 aliphatic heterocycles. The summed E-state index contributed by atoms with van der Waals surface area (Å²) in [7, 11) is 1.51. The van der Waals surface area contributed by atoms with E-state index in [1.54, 1.807) is 12.1 Å². The Labute approximate surface area is 124 Å². The third kappa shape index (κ3) is 2.98. The largest absolute Gasteiger partial charge is 0.490 e. The van der Waals surface area contributed by atoms with Crippen molar-refractivity contribution < 1.29 is 9.13 Å². The van der Waals surface area contributed by atoms with E-state index in [1.807, 2.05) is 6.92 Å². The molecule has 0 radical (unpaired) electrons. The minimum Gasteiger partial charge on any atom is -0.490 e. The van der Waals surface area contributed by atoms with Gasteiger partial charge in [0.25, 0.3) is 0 Å². The van der Waals surface area contributed by atoms with E-state index < -0.39 is 0 Å². The molecule has 0 bridgehead atoms. The number of nitrogens with one attached hydrogen (secondary N) is 2. The first-order valence-electron chi connectivity index (χ1n) is 6.01. The molecule has 0 saturated carbocycles. The van der Waals surface area contributed by atoms with Crippen molar-refractivity contribution in [3.05, 3.63) is 34.8 Å². The first kappa shape index (κ1) is 14.5. The number of para-hydroxylation sites is 1. The Morgan fingerprint density at radius 3 is 2.70 bits per heavy atom. The summed E-state index contributed by atoms with van der Waals surface area (Å²) in [4.78, 5) is 8.19. The second-order valence-corrected chi connectivity index (χ2v) is 4.71. The van der Waals surface area contributed by atoms with Gasteiger partial charge in [0.2, 0.25) is 5.75 Å². The van der Waals surface area contributed by atoms with E-state index >= 15 is 0 Å². The smallest absolute Gasteiger partial charge is 0.204 e. The van der Waals surface area contributed by atoms with Crippen molar-refractivity contribution >= 4 is 33.3 Å². The molecule has 1 heterocycles. The molecule has 5 nitrogen and oxygen atoms in total. The van der Waals surface area contributed by atoms with Crippen LogP contribution >= 0.6 is 15.9 Å². The van der Waals surface area contributed by atoms with Crippen LogP contribution in [0.3, 0.4) is 0 Å². The maximum absolute atomic E-state index is 13.8. The van der Waals surface area contributed by atoms with Crippen LogP contribution in [-0.4, -0.2) is 23.6 Å². The highest BCUT2D eigenvalue weighted by Crippen LogP contribution is 2.34. The van der Waals surface area contributed by atoms with Crippen molar-refractivity contribution in [1.29, 1.82) is 0 Å². The fourth-order valence-corrected chi connectivity index (χ4v) is 2.13. The molecule has 7 heteroatoms. The van der Waals surface area contributed by atoms with Crippen molar-refractivity contribution in [2.75, 3.05) is 24.3 Å². The number of nitrogens with zero attached hydrogens (tertiary/aromatic N) is 2. The van der Waals surface area contributed by atoms with E-state index in [0.717, 1.165) is 0 Å². The van der Waals surface area contributed by atoms with Crippen LogP contribution in [0.1, 0.15) is 6.92 Å². The molecule has 2 rings (SSSR count). The Balaban J connectivity index is 2.41. The number of hydrogen-bond donors (Lipinski definition) is 2. The molecular formula is C13H14BrFN4O. The summed E-state index contributed by atoms with van der Waals surface area (Å²) >= 11 is 3.30. The third-order valence-corrected chi connectivity index (χ3v) is 3.22. The third-order valence-electron chi connectivity index (χ3n) is 2.56. The lowest BCUT2D eigenvalue weighted by molar-refractivity contribution is 0.415. The zero-order valence-corrected chi connectivity index (χ0v) is 12.7. The van der Waals surface area contributed by atoms with Gasteiger partial charge in [0.1, 0.15) is 12.1 Å². The molecule has 0 aliphatic rings. The van der Waals surface area contributed by atoms with Gasteiger partial charge in [0.15, 0.2) is 11.6 Å². The fourth-order valence-electron chi connectivity index (χ4n) is 1.69. The molecule has 2 N–H and O–H groups in total. The van der Waals surface area contributed by atoms with Crippen LogP contribution in [0.15, 0.2) is 29.0 Å². The molecule has 1 aromatic heterocycles. The zero-order chi connectivity index (χ0) is 14.5. The SMILES string of the molecule is CCNc1ncnc(Nc2c(F)cccc2Br)c1OC. The number of anilines is 3. The van der Waals surface area contributed by atoms with Gasteiger partial charge in [-0.3, -0.25) is 0 Å². The van der Waals surface area contributed by atoms with Crippen LogP contribution < -0.4 is 15.4 Å². The summed E-state index contributed by atoms with van der Waals surface area (Å²) in [5, 5.41) is 5.98. The van der Waals surface area contributed by atoms with Crippen molar-refractivity contribution in [3.8, 4) is 5.75 Å². The quantitative estimate of drug-likeness (QED) is 0.871. The average molecular weight is 341 g/mol. The predicted molar refractivity (Wildman–Crippen MR) is 80.1 cm³/mol. The molecule has 0 spiro atoms. The topological polar surface area (TPSA) is 59.1 Å². The second kappa shape index (κ2) is 6.51. The van der Waals surface area contributed by atoms with Crippen molar-refractivity contribution in [3.63, 3.8) is 0 Å². The molecule has 0 fully saturated rings. The van der Waals surface area contributed by atoms with Crippen LogP contribution in [0.25, 0.3) is 0 Å². The van der Waals surface area contributed by atoms with E-state index in [0.29, 0.717) is 34.1 Å². The highest BCUT2D eigenvalue weighted by atomic mass is 79.9. The van der Waals surface area contributed by atoms with E-state index in [1.165, 1.54) is 19.5 Å². The Kier molecular flexibility index (Phi) is 4.73. The van der Waals surface area contributed by atoms with E-state index in [2.05, 4.69) is 36.5 Å². The normalized spacial score (nSPS) is 10.2. The van der Waals surface area contributed by atoms with Crippen LogP contribution in [0.5, 0.6) is 5.75 Å². The molecule has 0 aliphatic carbocycles. The van der Waals surface area contributed by atoms with Gasteiger partial charge in [-0.05, 0) is 35.0 Å². The lowest BCUT2D eigenvalue weighted by Crippen LogP contribution is -2.06. The molecule has 1 aromatic carbocycles. The van der Waals surface area contributed by atoms with Gasteiger partial charge in [-0.1, -0.05) is 6.07 Å². The first-order valence-corrected chi connectivity index (χ1v) is 6.80. The summed E-state index contributed by atoms with van der Waals surface area (Å²) in [5.74, 6) is 0.999. The highest BCUT2D eigenvalue weighted by Gasteiger charge is 2.14. The Morgan fingerprint density at radius 1 is 1.30 bits per heavy atom. The van der Waals surface area contributed by atoms with Gasteiger partial charge >= 0.3 is 0 Å². The second-order valence-electron chi connectivity index (χ2n) is 3.86. The predicted octanol–water partition coefficient (Wildman–Crippen LogP) is 3.56. The lowest BCUT2D eigenvalue weighted by Gasteiger charge is -2.14. The van der Waals surface area contributed by atoms with E-state index in [9.17, 15) is 4.39 Å². The number of methoxy groups -OCH3 is 1. The zero-order valence-electron chi connectivity index (χ0n) is 11.1. The number of hydrogen-bond acceptors (Lipinski definition) is 5. The molecule has 0 unspecified atom stereocenters. The van der Waals surface area contributed by atoms with Crippen molar-refractivity contribution in [2.24, 2.45) is 0 Å². The number of benzene rings is 1. The Hall–Kier alpha value is -1.89. The van der Waals surface area contributed by atoms with Crippen LogP contribution in [-0.2, 0) is 0 Å². The standard InChI is InChI=1S/C13H14BrFN4O/c1-3-16-12-11(20-2)13(18-7-17-12)19-10-8(14)5-4-6-9(10)15/h4-7H,3H2,1-2H3,(H2,16,17,18,19). The minimum atomic E-state index is -0.384. The summed E-state index contributed by atoms with van der Waals surface area (Å²) in [6.45, 7) is 2.64. The molecule has 0 amide bonds. The molecule has 0 atom stereocenters. The van der Waals surface area contributed by atoms with Crippen LogP contribution in [0.2, 0.25) is 0 Å². The van der Waals surface area contributed by atoms with Gasteiger partial charge in [-0.15, -0.1) is 0 Å². The Morgan fingerprint density at radius 2 is 2.05 bits per heavy atom. The van der Waals surface area contributed by atoms with Crippen LogP contribution in [0.4, 0.5) is 21.7 Å². The highest BCUT2D eigenvalue weighted by molar-refractivity contribution is 9.10. The van der Waals surface area contributed by atoms with Crippen LogP contribution in [0, 0.1) is 5.82 Å². The fraction of sp³-hybridized carbons (Fsp3) is 0.231. The number of halogens is 2. The molecule has 106 valence electrons. The van der Waals surface area contributed by atoms with Gasteiger partial charge in [-0.2, -0.15) is 0 Å². The number of rotatable bonds is 5. The van der Waals surface area contributed by atoms with Gasteiger partial charge < -0.3 is 15.4 Å². The van der Waals surface area contributed by atoms with E-state index in [-0.39, 0.29) is 5.82 Å². The van der Waals surface area contributed by atoms with Gasteiger partial charge in [-0.25, -0.2) is 14.4 Å². The molecular weight excluding hydrogens is 327 g/mol. The monoisotopic (exact) mass is 340 g/mol. The summed E-state index contributed by atoms with van der Waals surface area (Å²) in [5.41, 5.74) is 0.298. The maximum atomic E-state index is 13.8. The number of ether oxygens (including phenoxy) is 1. The summed E-state index contributed by atoms with van der Waals surface area (Å²) in [6.07, 6.45) is 1.39. The lowest BCUT2D eigenvalue weighted by atomic mass is 10.3. The minimum absolute atomic E-state index is 0.298. The van der Waals surface area contributed by atoms with Crippen molar-refractivity contribution in [2.45, 2.75) is 6.92 Å². The number of aromatic nitrogens is 2. The summed E-state index contributed by atoms with van der Waals surface area (Å²) in [6, 6.07) is 4.72. The first-order chi connectivity index (χ1) is 9.67. The van der Waals surface area contributed by atoms with Gasteiger partial charge in [0.05, 0.1) is 12.8 Å². The summed E-state index contributed by atoms with van der Waals surface area (Å²) < 4.78 is 19.7. The van der Waals surface area contributed by atoms with Gasteiger partial charge in [0, 0.05) is 11.0 Å². The maximum Gasteiger partial charge on any atom is 0.204 e. The van der Waals surface area contributed by atoms with E-state index in [4.69, 9.17) is 4.74 Å².